The first-order chi connectivity index (χ1) is 8.16. The standard InChI is InChI=1S/C12H14N4O/c1-16-8-10(7-14-16)15-11(12(13)17)9-5-3-2-4-6-9/h2-8,11,15H,1H3,(H2,13,17)/t11-/m1/s1. The lowest BCUT2D eigenvalue weighted by molar-refractivity contribution is -0.118. The van der Waals surface area contributed by atoms with Gasteiger partial charge in [-0.1, -0.05) is 30.3 Å². The molecule has 0 aliphatic rings. The summed E-state index contributed by atoms with van der Waals surface area (Å²) in [5, 5.41) is 7.08. The maximum Gasteiger partial charge on any atom is 0.244 e. The van der Waals surface area contributed by atoms with E-state index in [0.29, 0.717) is 0 Å². The van der Waals surface area contributed by atoms with Crippen LogP contribution in [0, 0.1) is 0 Å². The molecule has 88 valence electrons. The Labute approximate surface area is 99.2 Å². The van der Waals surface area contributed by atoms with Crippen LogP contribution in [0.2, 0.25) is 0 Å². The number of carbonyl (C=O) groups is 1. The van der Waals surface area contributed by atoms with Gasteiger partial charge in [0.15, 0.2) is 0 Å². The first-order valence-electron chi connectivity index (χ1n) is 5.26. The van der Waals surface area contributed by atoms with Crippen molar-refractivity contribution in [3.63, 3.8) is 0 Å². The number of aromatic nitrogens is 2. The van der Waals surface area contributed by atoms with E-state index in [1.54, 1.807) is 17.1 Å². The van der Waals surface area contributed by atoms with E-state index in [9.17, 15) is 4.79 Å². The molecule has 5 nitrogen and oxygen atoms in total. The van der Waals surface area contributed by atoms with Crippen molar-refractivity contribution in [2.75, 3.05) is 5.32 Å². The van der Waals surface area contributed by atoms with Gasteiger partial charge in [-0.05, 0) is 5.56 Å². The van der Waals surface area contributed by atoms with E-state index in [1.807, 2.05) is 37.4 Å². The molecule has 1 aromatic carbocycles. The number of nitrogens with zero attached hydrogens (tertiary/aromatic N) is 2. The molecule has 2 rings (SSSR count). The van der Waals surface area contributed by atoms with E-state index in [0.717, 1.165) is 11.3 Å². The van der Waals surface area contributed by atoms with Crippen LogP contribution in [0.4, 0.5) is 5.69 Å². The second-order valence-electron chi connectivity index (χ2n) is 3.79. The number of nitrogens with two attached hydrogens (primary N) is 1. The Hall–Kier alpha value is -2.30. The number of primary amides is 1. The van der Waals surface area contributed by atoms with Gasteiger partial charge >= 0.3 is 0 Å². The van der Waals surface area contributed by atoms with Crippen LogP contribution in [0.25, 0.3) is 0 Å². The molecule has 3 N–H and O–H groups in total. The van der Waals surface area contributed by atoms with E-state index >= 15 is 0 Å². The highest BCUT2D eigenvalue weighted by Crippen LogP contribution is 2.18. The van der Waals surface area contributed by atoms with Crippen LogP contribution in [-0.2, 0) is 11.8 Å². The summed E-state index contributed by atoms with van der Waals surface area (Å²) in [5.41, 5.74) is 7.00. The summed E-state index contributed by atoms with van der Waals surface area (Å²) < 4.78 is 1.66. The zero-order valence-corrected chi connectivity index (χ0v) is 9.50. The Morgan fingerprint density at radius 2 is 2.12 bits per heavy atom. The van der Waals surface area contributed by atoms with Crippen LogP contribution in [-0.4, -0.2) is 15.7 Å². The van der Waals surface area contributed by atoms with Gasteiger partial charge in [0.25, 0.3) is 0 Å². The summed E-state index contributed by atoms with van der Waals surface area (Å²) in [4.78, 5) is 11.4. The second kappa shape index (κ2) is 4.69. The van der Waals surface area contributed by atoms with E-state index in [4.69, 9.17) is 5.73 Å². The fourth-order valence-electron chi connectivity index (χ4n) is 1.63. The summed E-state index contributed by atoms with van der Waals surface area (Å²) in [6, 6.07) is 8.82. The number of anilines is 1. The Morgan fingerprint density at radius 3 is 2.65 bits per heavy atom. The number of hydrogen-bond donors (Lipinski definition) is 2. The molecule has 2 aromatic rings. The first kappa shape index (κ1) is 11.2. The van der Waals surface area contributed by atoms with Crippen molar-refractivity contribution in [1.82, 2.24) is 9.78 Å². The van der Waals surface area contributed by atoms with Crippen molar-refractivity contribution >= 4 is 11.6 Å². The van der Waals surface area contributed by atoms with E-state index in [2.05, 4.69) is 10.4 Å². The molecule has 0 bridgehead atoms. The van der Waals surface area contributed by atoms with Crippen molar-refractivity contribution < 1.29 is 4.79 Å². The third-order valence-corrected chi connectivity index (χ3v) is 2.43. The molecular weight excluding hydrogens is 216 g/mol. The molecule has 0 radical (unpaired) electrons. The molecule has 0 saturated carbocycles. The average molecular weight is 230 g/mol. The number of aryl methyl sites for hydroxylation is 1. The summed E-state index contributed by atoms with van der Waals surface area (Å²) in [5.74, 6) is -0.417. The van der Waals surface area contributed by atoms with Gasteiger partial charge in [-0.25, -0.2) is 0 Å². The SMILES string of the molecule is Cn1cc(N[C@@H](C(N)=O)c2ccccc2)cn1. The highest BCUT2D eigenvalue weighted by molar-refractivity contribution is 5.84. The van der Waals surface area contributed by atoms with Gasteiger partial charge in [0.05, 0.1) is 11.9 Å². The van der Waals surface area contributed by atoms with Gasteiger partial charge in [-0.3, -0.25) is 9.48 Å². The Balaban J connectivity index is 2.22. The lowest BCUT2D eigenvalue weighted by Gasteiger charge is -2.15. The number of benzene rings is 1. The Kier molecular flexibility index (Phi) is 3.09. The monoisotopic (exact) mass is 230 g/mol. The molecule has 0 aliphatic carbocycles. The maximum absolute atomic E-state index is 11.4. The smallest absolute Gasteiger partial charge is 0.244 e. The highest BCUT2D eigenvalue weighted by Gasteiger charge is 2.17. The Morgan fingerprint density at radius 1 is 1.41 bits per heavy atom. The predicted molar refractivity (Wildman–Crippen MR) is 65.2 cm³/mol. The minimum Gasteiger partial charge on any atom is -0.368 e. The third-order valence-electron chi connectivity index (χ3n) is 2.43. The van der Waals surface area contributed by atoms with Crippen LogP contribution in [0.1, 0.15) is 11.6 Å². The van der Waals surface area contributed by atoms with Crippen molar-refractivity contribution in [3.8, 4) is 0 Å². The van der Waals surface area contributed by atoms with E-state index < -0.39 is 11.9 Å². The number of hydrogen-bond acceptors (Lipinski definition) is 3. The number of nitrogens with one attached hydrogen (secondary N) is 1. The molecule has 1 heterocycles. The van der Waals surface area contributed by atoms with Gasteiger partial charge in [-0.2, -0.15) is 5.10 Å². The molecule has 1 amide bonds. The van der Waals surface area contributed by atoms with Gasteiger partial charge in [0.2, 0.25) is 5.91 Å². The van der Waals surface area contributed by atoms with Crippen LogP contribution in [0.15, 0.2) is 42.7 Å². The van der Waals surface area contributed by atoms with Crippen molar-refractivity contribution in [3.05, 3.63) is 48.3 Å². The third kappa shape index (κ3) is 2.63. The zero-order chi connectivity index (χ0) is 12.3. The fraction of sp³-hybridized carbons (Fsp3) is 0.167. The minimum atomic E-state index is -0.541. The molecule has 0 aliphatic heterocycles. The van der Waals surface area contributed by atoms with Gasteiger partial charge in [0.1, 0.15) is 6.04 Å². The van der Waals surface area contributed by atoms with E-state index in [-0.39, 0.29) is 0 Å². The lowest BCUT2D eigenvalue weighted by Crippen LogP contribution is -2.27. The zero-order valence-electron chi connectivity index (χ0n) is 9.50. The molecule has 1 atom stereocenters. The molecule has 0 unspecified atom stereocenters. The highest BCUT2D eigenvalue weighted by atomic mass is 16.1. The predicted octanol–water partition coefficient (Wildman–Crippen LogP) is 1.06. The fourth-order valence-corrected chi connectivity index (χ4v) is 1.63. The molecule has 0 saturated heterocycles. The number of rotatable bonds is 4. The van der Waals surface area contributed by atoms with Crippen LogP contribution in [0.5, 0.6) is 0 Å². The molecule has 5 heteroatoms. The summed E-state index contributed by atoms with van der Waals surface area (Å²) >= 11 is 0. The van der Waals surface area contributed by atoms with E-state index in [1.165, 1.54) is 0 Å². The summed E-state index contributed by atoms with van der Waals surface area (Å²) in [6.07, 6.45) is 3.44. The molecule has 0 fully saturated rings. The van der Waals surface area contributed by atoms with Crippen LogP contribution >= 0.6 is 0 Å². The Bertz CT molecular complexity index is 506. The topological polar surface area (TPSA) is 72.9 Å². The van der Waals surface area contributed by atoms with Crippen LogP contribution in [0.3, 0.4) is 0 Å². The second-order valence-corrected chi connectivity index (χ2v) is 3.79. The lowest BCUT2D eigenvalue weighted by atomic mass is 10.1. The molecule has 0 spiro atoms. The van der Waals surface area contributed by atoms with Gasteiger partial charge in [0, 0.05) is 13.2 Å². The molecular formula is C12H14N4O. The average Bonchev–Trinajstić information content (AvgIpc) is 2.73. The molecule has 1 aromatic heterocycles. The van der Waals surface area contributed by atoms with Crippen LogP contribution < -0.4 is 11.1 Å². The minimum absolute atomic E-state index is 0.417. The normalized spacial score (nSPS) is 12.1. The summed E-state index contributed by atoms with van der Waals surface area (Å²) in [7, 11) is 1.81. The summed E-state index contributed by atoms with van der Waals surface area (Å²) in [6.45, 7) is 0. The number of amides is 1. The van der Waals surface area contributed by atoms with Gasteiger partial charge in [-0.15, -0.1) is 0 Å². The largest absolute Gasteiger partial charge is 0.368 e. The van der Waals surface area contributed by atoms with Crippen molar-refractivity contribution in [2.45, 2.75) is 6.04 Å². The quantitative estimate of drug-likeness (QED) is 0.824. The maximum atomic E-state index is 11.4. The van der Waals surface area contributed by atoms with Gasteiger partial charge < -0.3 is 11.1 Å². The first-order valence-corrected chi connectivity index (χ1v) is 5.26. The molecule has 17 heavy (non-hydrogen) atoms. The van der Waals surface area contributed by atoms with Crippen molar-refractivity contribution in [2.24, 2.45) is 12.8 Å². The number of carbonyl (C=O) groups excluding carboxylic acids is 1. The van der Waals surface area contributed by atoms with Crippen molar-refractivity contribution in [1.29, 1.82) is 0 Å².